The standard InChI is InChI=1S/C17H21N5O3S2/c1-17(2,3)11-5-13(24)22-6-9(7-27-16(22)20-11)14(25)21-15-19-10(8-26-15)4-12(18)23/h5,8-9H,4,6-7H2,1-3H3,(H2,18,23)(H,19,21,25). The molecule has 3 N–H and O–H groups in total. The lowest BCUT2D eigenvalue weighted by Crippen LogP contribution is -2.37. The van der Waals surface area contributed by atoms with Gasteiger partial charge in [0, 0.05) is 29.2 Å². The number of nitrogens with one attached hydrogen (secondary N) is 1. The van der Waals surface area contributed by atoms with Crippen molar-refractivity contribution < 1.29 is 9.59 Å². The van der Waals surface area contributed by atoms with E-state index in [-0.39, 0.29) is 35.8 Å². The molecule has 144 valence electrons. The molecule has 3 heterocycles. The van der Waals surface area contributed by atoms with Crippen LogP contribution < -0.4 is 16.6 Å². The first-order valence-electron chi connectivity index (χ1n) is 8.42. The lowest BCUT2D eigenvalue weighted by atomic mass is 9.92. The number of thioether (sulfide) groups is 1. The van der Waals surface area contributed by atoms with Crippen molar-refractivity contribution in [2.24, 2.45) is 11.7 Å². The summed E-state index contributed by atoms with van der Waals surface area (Å²) in [6.07, 6.45) is 0.0379. The minimum atomic E-state index is -0.472. The quantitative estimate of drug-likeness (QED) is 0.739. The van der Waals surface area contributed by atoms with E-state index in [4.69, 9.17) is 5.73 Å². The van der Waals surface area contributed by atoms with E-state index in [2.05, 4.69) is 15.3 Å². The highest BCUT2D eigenvalue weighted by molar-refractivity contribution is 7.99. The van der Waals surface area contributed by atoms with Crippen molar-refractivity contribution in [3.8, 4) is 0 Å². The molecule has 0 saturated carbocycles. The number of nitrogens with zero attached hydrogens (tertiary/aromatic N) is 3. The molecule has 2 aromatic heterocycles. The number of amides is 2. The molecule has 1 unspecified atom stereocenters. The Hall–Kier alpha value is -2.20. The van der Waals surface area contributed by atoms with Crippen LogP contribution in [0.3, 0.4) is 0 Å². The topological polar surface area (TPSA) is 120 Å². The average molecular weight is 408 g/mol. The number of carbonyl (C=O) groups is 2. The Bertz CT molecular complexity index is 945. The largest absolute Gasteiger partial charge is 0.369 e. The maximum atomic E-state index is 12.6. The number of primary amides is 1. The fraction of sp³-hybridized carbons (Fsp3) is 0.471. The molecule has 1 aliphatic heterocycles. The summed E-state index contributed by atoms with van der Waals surface area (Å²) in [6, 6.07) is 1.54. The first-order chi connectivity index (χ1) is 12.6. The Morgan fingerprint density at radius 3 is 2.78 bits per heavy atom. The lowest BCUT2D eigenvalue weighted by molar-refractivity contribution is -0.120. The number of fused-ring (bicyclic) bond motifs is 1. The smallest absolute Gasteiger partial charge is 0.254 e. The second-order valence-corrected chi connectivity index (χ2v) is 9.25. The van der Waals surface area contributed by atoms with Gasteiger partial charge in [-0.3, -0.25) is 19.0 Å². The number of carbonyl (C=O) groups excluding carboxylic acids is 2. The van der Waals surface area contributed by atoms with Gasteiger partial charge in [-0.15, -0.1) is 11.3 Å². The highest BCUT2D eigenvalue weighted by Gasteiger charge is 2.29. The van der Waals surface area contributed by atoms with Gasteiger partial charge in [0.05, 0.1) is 23.7 Å². The normalized spacial score (nSPS) is 16.6. The SMILES string of the molecule is CC(C)(C)c1cc(=O)n2c(n1)SCC(C(=O)Nc1nc(CC(N)=O)cs1)C2. The molecule has 1 atom stereocenters. The maximum absolute atomic E-state index is 12.6. The summed E-state index contributed by atoms with van der Waals surface area (Å²) in [5.41, 5.74) is 6.07. The summed E-state index contributed by atoms with van der Waals surface area (Å²) in [4.78, 5) is 44.8. The van der Waals surface area contributed by atoms with Gasteiger partial charge >= 0.3 is 0 Å². The molecule has 0 bridgehead atoms. The van der Waals surface area contributed by atoms with Crippen LogP contribution in [0.5, 0.6) is 0 Å². The van der Waals surface area contributed by atoms with Crippen molar-refractivity contribution in [3.63, 3.8) is 0 Å². The monoisotopic (exact) mass is 407 g/mol. The van der Waals surface area contributed by atoms with E-state index in [1.54, 1.807) is 16.0 Å². The summed E-state index contributed by atoms with van der Waals surface area (Å²) in [5, 5.41) is 5.51. The van der Waals surface area contributed by atoms with Crippen molar-refractivity contribution in [3.05, 3.63) is 33.2 Å². The predicted molar refractivity (Wildman–Crippen MR) is 105 cm³/mol. The van der Waals surface area contributed by atoms with E-state index >= 15 is 0 Å². The average Bonchev–Trinajstić information content (AvgIpc) is 2.99. The summed E-state index contributed by atoms with van der Waals surface area (Å²) >= 11 is 2.65. The van der Waals surface area contributed by atoms with Gasteiger partial charge in [-0.1, -0.05) is 32.5 Å². The minimum absolute atomic E-state index is 0.0379. The zero-order valence-electron chi connectivity index (χ0n) is 15.3. The van der Waals surface area contributed by atoms with Gasteiger partial charge in [0.1, 0.15) is 0 Å². The van der Waals surface area contributed by atoms with E-state index < -0.39 is 5.91 Å². The fourth-order valence-electron chi connectivity index (χ4n) is 2.59. The molecular formula is C17H21N5O3S2. The van der Waals surface area contributed by atoms with Crippen LogP contribution in [-0.2, 0) is 28.0 Å². The van der Waals surface area contributed by atoms with Crippen LogP contribution in [0.4, 0.5) is 5.13 Å². The first-order valence-corrected chi connectivity index (χ1v) is 10.3. The highest BCUT2D eigenvalue weighted by Crippen LogP contribution is 2.28. The van der Waals surface area contributed by atoms with Crippen LogP contribution in [0.25, 0.3) is 0 Å². The number of rotatable bonds is 4. The number of anilines is 1. The van der Waals surface area contributed by atoms with E-state index in [1.165, 1.54) is 23.1 Å². The highest BCUT2D eigenvalue weighted by atomic mass is 32.2. The van der Waals surface area contributed by atoms with Crippen LogP contribution in [0.1, 0.15) is 32.2 Å². The van der Waals surface area contributed by atoms with Crippen molar-refractivity contribution in [2.45, 2.75) is 44.3 Å². The Labute approximate surface area is 164 Å². The van der Waals surface area contributed by atoms with Crippen LogP contribution in [0.15, 0.2) is 21.4 Å². The third-order valence-corrected chi connectivity index (χ3v) is 6.01. The van der Waals surface area contributed by atoms with E-state index in [0.717, 1.165) is 5.69 Å². The summed E-state index contributed by atoms with van der Waals surface area (Å²) in [5.74, 6) is -0.517. The van der Waals surface area contributed by atoms with Crippen LogP contribution in [0.2, 0.25) is 0 Å². The number of thiazole rings is 1. The molecule has 1 aliphatic rings. The molecule has 2 aromatic rings. The molecule has 8 nitrogen and oxygen atoms in total. The van der Waals surface area contributed by atoms with E-state index in [1.807, 2.05) is 20.8 Å². The van der Waals surface area contributed by atoms with Gasteiger partial charge in [0.2, 0.25) is 11.8 Å². The molecule has 0 spiro atoms. The Balaban J connectivity index is 1.72. The zero-order valence-corrected chi connectivity index (χ0v) is 16.9. The number of hydrogen-bond acceptors (Lipinski definition) is 7. The van der Waals surface area contributed by atoms with Crippen LogP contribution in [-0.4, -0.2) is 32.1 Å². The third kappa shape index (κ3) is 4.56. The maximum Gasteiger partial charge on any atom is 0.254 e. The molecule has 3 rings (SSSR count). The van der Waals surface area contributed by atoms with Crippen molar-refractivity contribution in [1.29, 1.82) is 0 Å². The Morgan fingerprint density at radius 1 is 1.37 bits per heavy atom. The molecule has 27 heavy (non-hydrogen) atoms. The molecule has 2 amide bonds. The van der Waals surface area contributed by atoms with Crippen molar-refractivity contribution in [2.75, 3.05) is 11.1 Å². The third-order valence-electron chi connectivity index (χ3n) is 4.07. The number of nitrogens with two attached hydrogens (primary N) is 1. The van der Waals surface area contributed by atoms with Gasteiger partial charge in [-0.2, -0.15) is 0 Å². The van der Waals surface area contributed by atoms with Crippen molar-refractivity contribution in [1.82, 2.24) is 14.5 Å². The summed E-state index contributed by atoms with van der Waals surface area (Å²) < 4.78 is 1.55. The molecular weight excluding hydrogens is 386 g/mol. The second-order valence-electron chi connectivity index (χ2n) is 7.41. The second kappa shape index (κ2) is 7.43. The van der Waals surface area contributed by atoms with Crippen molar-refractivity contribution >= 4 is 40.0 Å². The molecule has 0 fully saturated rings. The van der Waals surface area contributed by atoms with Gasteiger partial charge < -0.3 is 11.1 Å². The Morgan fingerprint density at radius 2 is 2.11 bits per heavy atom. The van der Waals surface area contributed by atoms with Gasteiger partial charge in [-0.25, -0.2) is 9.97 Å². The minimum Gasteiger partial charge on any atom is -0.369 e. The van der Waals surface area contributed by atoms with Crippen LogP contribution >= 0.6 is 23.1 Å². The van der Waals surface area contributed by atoms with E-state index in [0.29, 0.717) is 21.7 Å². The molecule has 0 aliphatic carbocycles. The van der Waals surface area contributed by atoms with Gasteiger partial charge in [-0.05, 0) is 0 Å². The number of hydrogen-bond donors (Lipinski definition) is 2. The summed E-state index contributed by atoms with van der Waals surface area (Å²) in [6.45, 7) is 6.31. The van der Waals surface area contributed by atoms with Gasteiger partial charge in [0.15, 0.2) is 10.3 Å². The van der Waals surface area contributed by atoms with Crippen LogP contribution in [0, 0.1) is 5.92 Å². The first kappa shape index (κ1) is 19.6. The molecule has 0 radical (unpaired) electrons. The predicted octanol–water partition coefficient (Wildman–Crippen LogP) is 1.39. The molecule has 0 aromatic carbocycles. The molecule has 10 heteroatoms. The fourth-order valence-corrected chi connectivity index (χ4v) is 4.39. The Kier molecular flexibility index (Phi) is 5.38. The van der Waals surface area contributed by atoms with Gasteiger partial charge in [0.25, 0.3) is 5.56 Å². The number of aromatic nitrogens is 3. The lowest BCUT2D eigenvalue weighted by Gasteiger charge is -2.26. The molecule has 0 saturated heterocycles. The van der Waals surface area contributed by atoms with E-state index in [9.17, 15) is 14.4 Å². The summed E-state index contributed by atoms with van der Waals surface area (Å²) in [7, 11) is 0. The zero-order chi connectivity index (χ0) is 19.8.